The molecule has 1 heterocycles. The first-order chi connectivity index (χ1) is 9.99. The second-order valence-corrected chi connectivity index (χ2v) is 5.92. The van der Waals surface area contributed by atoms with Crippen molar-refractivity contribution in [3.05, 3.63) is 61.3 Å². The Bertz CT molecular complexity index is 925. The van der Waals surface area contributed by atoms with Crippen molar-refractivity contribution in [2.24, 2.45) is 0 Å². The number of nitrogens with one attached hydrogen (secondary N) is 1. The highest BCUT2D eigenvalue weighted by Gasteiger charge is 2.19. The van der Waals surface area contributed by atoms with E-state index in [0.717, 1.165) is 6.07 Å². The van der Waals surface area contributed by atoms with E-state index in [1.165, 1.54) is 0 Å². The van der Waals surface area contributed by atoms with Crippen LogP contribution in [0, 0.1) is 11.6 Å². The molecule has 1 N–H and O–H groups in total. The molecule has 0 aliphatic rings. The van der Waals surface area contributed by atoms with Crippen LogP contribution in [0.25, 0.3) is 22.3 Å². The summed E-state index contributed by atoms with van der Waals surface area (Å²) in [5, 5.41) is 0.402. The molecular weight excluding hydrogens is 410 g/mol. The molecule has 3 aromatic rings. The van der Waals surface area contributed by atoms with Crippen LogP contribution in [-0.2, 0) is 0 Å². The highest BCUT2D eigenvalue weighted by Crippen LogP contribution is 2.34. The largest absolute Gasteiger partial charge is 0.306 e. The molecule has 106 valence electrons. The van der Waals surface area contributed by atoms with Gasteiger partial charge in [-0.1, -0.05) is 12.1 Å². The zero-order chi connectivity index (χ0) is 15.1. The van der Waals surface area contributed by atoms with E-state index in [0.29, 0.717) is 10.9 Å². The van der Waals surface area contributed by atoms with Gasteiger partial charge in [-0.3, -0.25) is 4.79 Å². The molecule has 0 saturated carbocycles. The lowest BCUT2D eigenvalue weighted by Crippen LogP contribution is -2.10. The van der Waals surface area contributed by atoms with Gasteiger partial charge in [0.2, 0.25) is 0 Å². The monoisotopic (exact) mass is 414 g/mol. The van der Waals surface area contributed by atoms with Crippen molar-refractivity contribution in [2.45, 2.75) is 0 Å². The Kier molecular flexibility index (Phi) is 3.62. The number of halogens is 4. The number of benzene rings is 2. The number of H-pyrrole nitrogens is 1. The molecule has 0 fully saturated rings. The standard InChI is InChI=1S/C14H6Br2F2N2O/c15-7-5-8(17)11(16)12(18)10(7)13-19-9-4-2-1-3-6(9)14(21)20-13/h1-5H,(H,19,20,21). The minimum absolute atomic E-state index is 0.00821. The average molecular weight is 416 g/mol. The van der Waals surface area contributed by atoms with Crippen molar-refractivity contribution in [3.63, 3.8) is 0 Å². The summed E-state index contributed by atoms with van der Waals surface area (Å²) in [6.07, 6.45) is 0. The number of hydrogen-bond donors (Lipinski definition) is 1. The average Bonchev–Trinajstić information content (AvgIpc) is 2.45. The number of para-hydroxylation sites is 1. The van der Waals surface area contributed by atoms with E-state index in [1.807, 2.05) is 0 Å². The maximum Gasteiger partial charge on any atom is 0.259 e. The predicted octanol–water partition coefficient (Wildman–Crippen LogP) is 4.39. The van der Waals surface area contributed by atoms with Crippen LogP contribution in [0.4, 0.5) is 8.78 Å². The molecule has 21 heavy (non-hydrogen) atoms. The van der Waals surface area contributed by atoms with Gasteiger partial charge in [-0.2, -0.15) is 0 Å². The predicted molar refractivity (Wildman–Crippen MR) is 83.1 cm³/mol. The highest BCUT2D eigenvalue weighted by molar-refractivity contribution is 9.11. The van der Waals surface area contributed by atoms with Gasteiger partial charge in [-0.05, 0) is 50.1 Å². The zero-order valence-electron chi connectivity index (χ0n) is 10.3. The smallest absolute Gasteiger partial charge is 0.259 e. The van der Waals surface area contributed by atoms with Crippen LogP contribution in [0.1, 0.15) is 0 Å². The van der Waals surface area contributed by atoms with Crippen molar-refractivity contribution < 1.29 is 8.78 Å². The van der Waals surface area contributed by atoms with Crippen LogP contribution >= 0.6 is 31.9 Å². The Morgan fingerprint density at radius 2 is 1.86 bits per heavy atom. The van der Waals surface area contributed by atoms with E-state index in [2.05, 4.69) is 41.8 Å². The molecule has 0 radical (unpaired) electrons. The van der Waals surface area contributed by atoms with E-state index in [1.54, 1.807) is 24.3 Å². The van der Waals surface area contributed by atoms with Crippen molar-refractivity contribution in [3.8, 4) is 11.4 Å². The van der Waals surface area contributed by atoms with Crippen LogP contribution < -0.4 is 5.56 Å². The minimum Gasteiger partial charge on any atom is -0.306 e. The lowest BCUT2D eigenvalue weighted by Gasteiger charge is -2.09. The maximum absolute atomic E-state index is 14.3. The Morgan fingerprint density at radius 3 is 2.62 bits per heavy atom. The normalized spacial score (nSPS) is 11.0. The quantitative estimate of drug-likeness (QED) is 0.473. The van der Waals surface area contributed by atoms with Gasteiger partial charge >= 0.3 is 0 Å². The van der Waals surface area contributed by atoms with E-state index in [9.17, 15) is 13.6 Å². The molecule has 0 aliphatic heterocycles. The summed E-state index contributed by atoms with van der Waals surface area (Å²) in [5.74, 6) is -1.55. The second-order valence-electron chi connectivity index (χ2n) is 4.27. The summed E-state index contributed by atoms with van der Waals surface area (Å²) in [5.41, 5.74) is 0.0384. The number of fused-ring (bicyclic) bond motifs is 1. The van der Waals surface area contributed by atoms with Gasteiger partial charge in [0.1, 0.15) is 11.6 Å². The van der Waals surface area contributed by atoms with E-state index in [4.69, 9.17) is 0 Å². The molecule has 0 unspecified atom stereocenters. The molecule has 3 rings (SSSR count). The van der Waals surface area contributed by atoms with Crippen LogP contribution in [-0.4, -0.2) is 9.97 Å². The fraction of sp³-hybridized carbons (Fsp3) is 0. The van der Waals surface area contributed by atoms with E-state index >= 15 is 0 Å². The van der Waals surface area contributed by atoms with Crippen molar-refractivity contribution >= 4 is 42.8 Å². The van der Waals surface area contributed by atoms with Gasteiger partial charge in [-0.25, -0.2) is 13.8 Å². The second kappa shape index (κ2) is 5.31. The number of aromatic amines is 1. The summed E-state index contributed by atoms with van der Waals surface area (Å²) in [6, 6.07) is 7.82. The third-order valence-corrected chi connectivity index (χ3v) is 4.32. The molecule has 0 aliphatic carbocycles. The molecule has 0 saturated heterocycles. The topological polar surface area (TPSA) is 45.8 Å². The molecule has 0 amide bonds. The highest BCUT2D eigenvalue weighted by atomic mass is 79.9. The molecule has 1 aromatic heterocycles. The molecule has 0 spiro atoms. The Labute approximate surface area is 134 Å². The summed E-state index contributed by atoms with van der Waals surface area (Å²) >= 11 is 5.93. The summed E-state index contributed by atoms with van der Waals surface area (Å²) in [4.78, 5) is 18.8. The summed E-state index contributed by atoms with van der Waals surface area (Å²) < 4.78 is 27.6. The summed E-state index contributed by atoms with van der Waals surface area (Å²) in [6.45, 7) is 0. The molecule has 7 heteroatoms. The number of nitrogens with zero attached hydrogens (tertiary/aromatic N) is 1. The fourth-order valence-electron chi connectivity index (χ4n) is 1.99. The van der Waals surface area contributed by atoms with E-state index in [-0.39, 0.29) is 25.9 Å². The van der Waals surface area contributed by atoms with Gasteiger partial charge in [0.05, 0.1) is 20.9 Å². The van der Waals surface area contributed by atoms with E-state index < -0.39 is 11.6 Å². The van der Waals surface area contributed by atoms with Crippen LogP contribution in [0.2, 0.25) is 0 Å². The van der Waals surface area contributed by atoms with Gasteiger partial charge in [0, 0.05) is 4.47 Å². The lowest BCUT2D eigenvalue weighted by molar-refractivity contribution is 0.572. The van der Waals surface area contributed by atoms with Gasteiger partial charge < -0.3 is 4.98 Å². The molecular formula is C14H6Br2F2N2O. The lowest BCUT2D eigenvalue weighted by atomic mass is 10.1. The van der Waals surface area contributed by atoms with Gasteiger partial charge in [-0.15, -0.1) is 0 Å². The molecule has 3 nitrogen and oxygen atoms in total. The molecule has 0 bridgehead atoms. The van der Waals surface area contributed by atoms with Crippen LogP contribution in [0.15, 0.2) is 44.1 Å². The Hall–Kier alpha value is -1.60. The Balaban J connectivity index is 2.36. The first-order valence-corrected chi connectivity index (χ1v) is 7.40. The number of aromatic nitrogens is 2. The third kappa shape index (κ3) is 2.40. The van der Waals surface area contributed by atoms with Crippen LogP contribution in [0.5, 0.6) is 0 Å². The third-order valence-electron chi connectivity index (χ3n) is 2.96. The molecule has 0 atom stereocenters. The van der Waals surface area contributed by atoms with Crippen molar-refractivity contribution in [1.82, 2.24) is 9.97 Å². The summed E-state index contributed by atoms with van der Waals surface area (Å²) in [7, 11) is 0. The van der Waals surface area contributed by atoms with Gasteiger partial charge in [0.25, 0.3) is 5.56 Å². The Morgan fingerprint density at radius 1 is 1.14 bits per heavy atom. The minimum atomic E-state index is -0.833. The van der Waals surface area contributed by atoms with Crippen molar-refractivity contribution in [1.29, 1.82) is 0 Å². The number of hydrogen-bond acceptors (Lipinski definition) is 2. The maximum atomic E-state index is 14.3. The van der Waals surface area contributed by atoms with Crippen LogP contribution in [0.3, 0.4) is 0 Å². The van der Waals surface area contributed by atoms with Crippen molar-refractivity contribution in [2.75, 3.05) is 0 Å². The van der Waals surface area contributed by atoms with Gasteiger partial charge in [0.15, 0.2) is 5.82 Å². The molecule has 2 aromatic carbocycles. The SMILES string of the molecule is O=c1[nH]c(-c2c(Br)cc(F)c(Br)c2F)nc2ccccc12. The fourth-order valence-corrected chi connectivity index (χ4v) is 2.86. The number of rotatable bonds is 1. The zero-order valence-corrected chi connectivity index (χ0v) is 13.4. The first kappa shape index (κ1) is 14.3. The first-order valence-electron chi connectivity index (χ1n) is 5.81.